The normalized spacial score (nSPS) is 15.2. The highest BCUT2D eigenvalue weighted by Gasteiger charge is 2.22. The SMILES string of the molecule is Cc1c(C(=O)NCc2cc(Br)cs2)nnn1C1CCNCC1.Cl. The molecule has 0 aromatic carbocycles. The smallest absolute Gasteiger partial charge is 0.274 e. The first-order valence-electron chi connectivity index (χ1n) is 7.29. The number of carbonyl (C=O) groups is 1. The van der Waals surface area contributed by atoms with Crippen molar-refractivity contribution in [1.29, 1.82) is 0 Å². The minimum Gasteiger partial charge on any atom is -0.346 e. The van der Waals surface area contributed by atoms with Crippen molar-refractivity contribution in [3.8, 4) is 0 Å². The summed E-state index contributed by atoms with van der Waals surface area (Å²) in [4.78, 5) is 13.4. The number of hydrogen-bond donors (Lipinski definition) is 2. The van der Waals surface area contributed by atoms with Crippen molar-refractivity contribution in [1.82, 2.24) is 25.6 Å². The van der Waals surface area contributed by atoms with Gasteiger partial charge in [0.05, 0.1) is 18.3 Å². The van der Waals surface area contributed by atoms with Crippen LogP contribution < -0.4 is 10.6 Å². The predicted octanol–water partition coefficient (Wildman–Crippen LogP) is 2.69. The molecular weight excluding hydrogens is 402 g/mol. The number of piperidine rings is 1. The van der Waals surface area contributed by atoms with Gasteiger partial charge in [-0.2, -0.15) is 0 Å². The summed E-state index contributed by atoms with van der Waals surface area (Å²) >= 11 is 5.02. The van der Waals surface area contributed by atoms with Crippen LogP contribution in [0.5, 0.6) is 0 Å². The number of amides is 1. The van der Waals surface area contributed by atoms with Gasteiger partial charge in [-0.3, -0.25) is 4.79 Å². The average molecular weight is 421 g/mol. The quantitative estimate of drug-likeness (QED) is 0.798. The monoisotopic (exact) mass is 419 g/mol. The van der Waals surface area contributed by atoms with Gasteiger partial charge < -0.3 is 10.6 Å². The highest BCUT2D eigenvalue weighted by atomic mass is 79.9. The molecule has 0 radical (unpaired) electrons. The lowest BCUT2D eigenvalue weighted by molar-refractivity contribution is 0.0945. The van der Waals surface area contributed by atoms with E-state index in [1.807, 2.05) is 23.1 Å². The maximum atomic E-state index is 12.3. The van der Waals surface area contributed by atoms with Crippen LogP contribution in [0, 0.1) is 6.92 Å². The second-order valence-electron chi connectivity index (χ2n) is 5.36. The summed E-state index contributed by atoms with van der Waals surface area (Å²) in [5.41, 5.74) is 1.27. The van der Waals surface area contributed by atoms with E-state index in [9.17, 15) is 4.79 Å². The standard InChI is InChI=1S/C14H18BrN5OS.ClH/c1-9-13(14(21)17-7-12-6-10(15)8-22-12)18-19-20(9)11-2-4-16-5-3-11;/h6,8,11,16H,2-5,7H2,1H3,(H,17,21);1H. The van der Waals surface area contributed by atoms with E-state index in [4.69, 9.17) is 0 Å². The molecule has 1 saturated heterocycles. The van der Waals surface area contributed by atoms with Crippen LogP contribution in [0.25, 0.3) is 0 Å². The topological polar surface area (TPSA) is 71.8 Å². The Balaban J connectivity index is 0.00000192. The molecule has 0 spiro atoms. The first kappa shape index (κ1) is 18.4. The fraction of sp³-hybridized carbons (Fsp3) is 0.500. The molecule has 0 unspecified atom stereocenters. The van der Waals surface area contributed by atoms with Gasteiger partial charge in [-0.15, -0.1) is 28.8 Å². The second-order valence-corrected chi connectivity index (χ2v) is 7.27. The first-order chi connectivity index (χ1) is 10.6. The van der Waals surface area contributed by atoms with Gasteiger partial charge in [0.1, 0.15) is 0 Å². The predicted molar refractivity (Wildman–Crippen MR) is 96.3 cm³/mol. The highest BCUT2D eigenvalue weighted by molar-refractivity contribution is 9.10. The fourth-order valence-corrected chi connectivity index (χ4v) is 4.04. The summed E-state index contributed by atoms with van der Waals surface area (Å²) < 4.78 is 2.94. The van der Waals surface area contributed by atoms with Gasteiger partial charge in [-0.25, -0.2) is 4.68 Å². The van der Waals surface area contributed by atoms with Gasteiger partial charge in [-0.1, -0.05) is 5.21 Å². The van der Waals surface area contributed by atoms with E-state index in [0.717, 1.165) is 41.0 Å². The third-order valence-electron chi connectivity index (χ3n) is 3.84. The van der Waals surface area contributed by atoms with Crippen LogP contribution >= 0.6 is 39.7 Å². The maximum Gasteiger partial charge on any atom is 0.274 e. The van der Waals surface area contributed by atoms with Gasteiger partial charge in [0.2, 0.25) is 0 Å². The Hall–Kier alpha value is -0.960. The van der Waals surface area contributed by atoms with Crippen molar-refractivity contribution in [3.05, 3.63) is 32.2 Å². The molecule has 3 heterocycles. The Kier molecular flexibility index (Phi) is 6.58. The van der Waals surface area contributed by atoms with Crippen molar-refractivity contribution in [2.45, 2.75) is 32.4 Å². The van der Waals surface area contributed by atoms with Crippen molar-refractivity contribution >= 4 is 45.6 Å². The number of nitrogens with zero attached hydrogens (tertiary/aromatic N) is 3. The number of nitrogens with one attached hydrogen (secondary N) is 2. The number of halogens is 2. The minimum absolute atomic E-state index is 0. The number of carbonyl (C=O) groups excluding carboxylic acids is 1. The van der Waals surface area contributed by atoms with E-state index in [1.165, 1.54) is 0 Å². The van der Waals surface area contributed by atoms with Crippen LogP contribution in [-0.4, -0.2) is 34.0 Å². The van der Waals surface area contributed by atoms with Crippen LogP contribution in [0.15, 0.2) is 15.9 Å². The van der Waals surface area contributed by atoms with Crippen LogP contribution in [-0.2, 0) is 6.54 Å². The molecule has 0 bridgehead atoms. The van der Waals surface area contributed by atoms with Gasteiger partial charge in [0, 0.05) is 14.7 Å². The van der Waals surface area contributed by atoms with E-state index in [2.05, 4.69) is 36.9 Å². The van der Waals surface area contributed by atoms with Gasteiger partial charge >= 0.3 is 0 Å². The summed E-state index contributed by atoms with van der Waals surface area (Å²) in [5.74, 6) is -0.165. The lowest BCUT2D eigenvalue weighted by Gasteiger charge is -2.23. The molecule has 9 heteroatoms. The number of thiophene rings is 1. The zero-order chi connectivity index (χ0) is 15.5. The van der Waals surface area contributed by atoms with Crippen molar-refractivity contribution in [3.63, 3.8) is 0 Å². The summed E-state index contributed by atoms with van der Waals surface area (Å²) in [5, 5.41) is 16.5. The molecule has 1 fully saturated rings. The van der Waals surface area contributed by atoms with Crippen LogP contribution in [0.4, 0.5) is 0 Å². The molecule has 1 amide bonds. The fourth-order valence-electron chi connectivity index (χ4n) is 2.65. The van der Waals surface area contributed by atoms with Gasteiger partial charge in [0.15, 0.2) is 5.69 Å². The van der Waals surface area contributed by atoms with Crippen molar-refractivity contribution < 1.29 is 4.79 Å². The van der Waals surface area contributed by atoms with E-state index in [0.29, 0.717) is 18.3 Å². The van der Waals surface area contributed by atoms with E-state index in [-0.39, 0.29) is 18.3 Å². The Morgan fingerprint density at radius 3 is 2.91 bits per heavy atom. The second kappa shape index (κ2) is 8.23. The van der Waals surface area contributed by atoms with Crippen LogP contribution in [0.3, 0.4) is 0 Å². The Morgan fingerprint density at radius 1 is 1.52 bits per heavy atom. The van der Waals surface area contributed by atoms with E-state index in [1.54, 1.807) is 11.3 Å². The lowest BCUT2D eigenvalue weighted by Crippen LogP contribution is -2.30. The summed E-state index contributed by atoms with van der Waals surface area (Å²) in [6.45, 7) is 4.39. The molecular formula is C14H19BrClN5OS. The lowest BCUT2D eigenvalue weighted by atomic mass is 10.1. The summed E-state index contributed by atoms with van der Waals surface area (Å²) in [6.07, 6.45) is 2.04. The third kappa shape index (κ3) is 4.32. The first-order valence-corrected chi connectivity index (χ1v) is 8.96. The molecule has 2 aromatic heterocycles. The number of rotatable bonds is 4. The Morgan fingerprint density at radius 2 is 2.26 bits per heavy atom. The van der Waals surface area contributed by atoms with Crippen LogP contribution in [0.2, 0.25) is 0 Å². The number of hydrogen-bond acceptors (Lipinski definition) is 5. The maximum absolute atomic E-state index is 12.3. The molecule has 3 rings (SSSR count). The van der Waals surface area contributed by atoms with Crippen LogP contribution in [0.1, 0.15) is 39.9 Å². The Bertz CT molecular complexity index is 668. The molecule has 6 nitrogen and oxygen atoms in total. The van der Waals surface area contributed by atoms with Crippen molar-refractivity contribution in [2.24, 2.45) is 0 Å². The van der Waals surface area contributed by atoms with Gasteiger partial charge in [0.25, 0.3) is 5.91 Å². The summed E-state index contributed by atoms with van der Waals surface area (Å²) in [6, 6.07) is 2.34. The molecule has 0 saturated carbocycles. The van der Waals surface area contributed by atoms with Gasteiger partial charge in [-0.05, 0) is 54.9 Å². The molecule has 1 aliphatic heterocycles. The van der Waals surface area contributed by atoms with E-state index >= 15 is 0 Å². The Labute approximate surface area is 153 Å². The molecule has 23 heavy (non-hydrogen) atoms. The largest absolute Gasteiger partial charge is 0.346 e. The molecule has 2 aromatic rings. The number of aromatic nitrogens is 3. The average Bonchev–Trinajstić information content (AvgIpc) is 3.12. The van der Waals surface area contributed by atoms with E-state index < -0.39 is 0 Å². The zero-order valence-electron chi connectivity index (χ0n) is 12.7. The molecule has 2 N–H and O–H groups in total. The van der Waals surface area contributed by atoms with Crippen molar-refractivity contribution in [2.75, 3.05) is 13.1 Å². The third-order valence-corrected chi connectivity index (χ3v) is 5.54. The molecule has 0 aliphatic carbocycles. The zero-order valence-corrected chi connectivity index (χ0v) is 15.9. The minimum atomic E-state index is -0.165. The molecule has 126 valence electrons. The molecule has 0 atom stereocenters. The summed E-state index contributed by atoms with van der Waals surface area (Å²) in [7, 11) is 0. The molecule has 1 aliphatic rings. The highest BCUT2D eigenvalue weighted by Crippen LogP contribution is 2.21.